The molecule has 31 heavy (non-hydrogen) atoms. The van der Waals surface area contributed by atoms with Crippen LogP contribution in [0.15, 0.2) is 65.5 Å². The zero-order valence-corrected chi connectivity index (χ0v) is 17.0. The van der Waals surface area contributed by atoms with Crippen LogP contribution < -0.4 is 20.9 Å². The molecule has 0 unspecified atom stereocenters. The van der Waals surface area contributed by atoms with Crippen LogP contribution in [0.4, 0.5) is 5.69 Å². The smallest absolute Gasteiger partial charge is 0.267 e. The van der Waals surface area contributed by atoms with Crippen LogP contribution in [0.5, 0.6) is 5.75 Å². The van der Waals surface area contributed by atoms with Gasteiger partial charge >= 0.3 is 0 Å². The molecule has 0 bridgehead atoms. The predicted octanol–water partition coefficient (Wildman–Crippen LogP) is 2.45. The van der Waals surface area contributed by atoms with Gasteiger partial charge in [0.15, 0.2) is 0 Å². The van der Waals surface area contributed by atoms with Crippen molar-refractivity contribution in [1.29, 1.82) is 0 Å². The number of nitrogens with zero attached hydrogens (tertiary/aromatic N) is 2. The van der Waals surface area contributed by atoms with Gasteiger partial charge in [-0.05, 0) is 49.2 Å². The van der Waals surface area contributed by atoms with E-state index in [-0.39, 0.29) is 24.1 Å². The summed E-state index contributed by atoms with van der Waals surface area (Å²) < 4.78 is 6.33. The first-order chi connectivity index (χ1) is 15.0. The van der Waals surface area contributed by atoms with Crippen molar-refractivity contribution in [2.24, 2.45) is 0 Å². The number of nitrogens with one attached hydrogen (secondary N) is 2. The molecule has 3 aromatic rings. The lowest BCUT2D eigenvalue weighted by Gasteiger charge is -2.10. The summed E-state index contributed by atoms with van der Waals surface area (Å²) in [7, 11) is 1.57. The van der Waals surface area contributed by atoms with E-state index in [9.17, 15) is 14.4 Å². The lowest BCUT2D eigenvalue weighted by atomic mass is 10.1. The molecule has 0 saturated heterocycles. The van der Waals surface area contributed by atoms with E-state index in [1.165, 1.54) is 6.07 Å². The number of hydrogen-bond acceptors (Lipinski definition) is 5. The molecule has 1 saturated carbocycles. The number of methoxy groups -OCH3 is 1. The van der Waals surface area contributed by atoms with Crippen LogP contribution in [0.3, 0.4) is 0 Å². The molecular weight excluding hydrogens is 396 g/mol. The molecule has 1 aliphatic rings. The minimum absolute atomic E-state index is 0.164. The van der Waals surface area contributed by atoms with Crippen LogP contribution in [0.1, 0.15) is 23.2 Å². The quantitative estimate of drug-likeness (QED) is 0.614. The van der Waals surface area contributed by atoms with E-state index in [0.29, 0.717) is 22.7 Å². The third kappa shape index (κ3) is 5.16. The van der Waals surface area contributed by atoms with Crippen LogP contribution in [-0.2, 0) is 11.3 Å². The van der Waals surface area contributed by atoms with Crippen molar-refractivity contribution in [1.82, 2.24) is 15.1 Å². The van der Waals surface area contributed by atoms with Gasteiger partial charge in [-0.25, -0.2) is 4.68 Å². The van der Waals surface area contributed by atoms with Crippen LogP contribution >= 0.6 is 0 Å². The second kappa shape index (κ2) is 8.83. The number of hydrogen-bond donors (Lipinski definition) is 2. The molecule has 8 nitrogen and oxygen atoms in total. The first-order valence-corrected chi connectivity index (χ1v) is 9.95. The number of ether oxygens (including phenoxy) is 1. The fourth-order valence-electron chi connectivity index (χ4n) is 3.07. The molecule has 2 amide bonds. The van der Waals surface area contributed by atoms with Gasteiger partial charge in [0.1, 0.15) is 12.3 Å². The van der Waals surface area contributed by atoms with Crippen molar-refractivity contribution in [2.75, 3.05) is 12.4 Å². The Bertz CT molecular complexity index is 1180. The topological polar surface area (TPSA) is 102 Å². The Morgan fingerprint density at radius 3 is 2.68 bits per heavy atom. The van der Waals surface area contributed by atoms with Gasteiger partial charge in [0.25, 0.3) is 11.5 Å². The Morgan fingerprint density at radius 2 is 1.90 bits per heavy atom. The van der Waals surface area contributed by atoms with Gasteiger partial charge in [0.05, 0.1) is 12.8 Å². The average Bonchev–Trinajstić information content (AvgIpc) is 3.59. The third-order valence-corrected chi connectivity index (χ3v) is 4.85. The molecule has 1 aromatic heterocycles. The summed E-state index contributed by atoms with van der Waals surface area (Å²) in [5.74, 6) is 0.0833. The maximum Gasteiger partial charge on any atom is 0.267 e. The van der Waals surface area contributed by atoms with E-state index in [1.54, 1.807) is 43.5 Å². The molecular formula is C23H22N4O4. The Balaban J connectivity index is 1.47. The number of carbonyl (C=O) groups is 2. The van der Waals surface area contributed by atoms with Gasteiger partial charge in [-0.15, -0.1) is 0 Å². The largest absolute Gasteiger partial charge is 0.497 e. The van der Waals surface area contributed by atoms with Gasteiger partial charge in [0, 0.05) is 28.9 Å². The van der Waals surface area contributed by atoms with Crippen LogP contribution in [0, 0.1) is 0 Å². The summed E-state index contributed by atoms with van der Waals surface area (Å²) in [6, 6.07) is 17.2. The molecule has 4 rings (SSSR count). The SMILES string of the molecule is COc1cccc(-c2ccc(=O)n(CC(=O)Nc3cccc(C(=O)NC4CC4)c3)n2)c1. The number of carbonyl (C=O) groups excluding carboxylic acids is 2. The van der Waals surface area contributed by atoms with Gasteiger partial charge in [-0.1, -0.05) is 18.2 Å². The van der Waals surface area contributed by atoms with Crippen LogP contribution in [0.2, 0.25) is 0 Å². The van der Waals surface area contributed by atoms with Crippen molar-refractivity contribution in [2.45, 2.75) is 25.4 Å². The van der Waals surface area contributed by atoms with Crippen molar-refractivity contribution < 1.29 is 14.3 Å². The highest BCUT2D eigenvalue weighted by atomic mass is 16.5. The van der Waals surface area contributed by atoms with Crippen molar-refractivity contribution in [3.63, 3.8) is 0 Å². The number of aromatic nitrogens is 2. The fourth-order valence-corrected chi connectivity index (χ4v) is 3.07. The number of amides is 2. The van der Waals surface area contributed by atoms with E-state index in [2.05, 4.69) is 15.7 Å². The van der Waals surface area contributed by atoms with Crippen molar-refractivity contribution >= 4 is 17.5 Å². The predicted molar refractivity (Wildman–Crippen MR) is 116 cm³/mol. The van der Waals surface area contributed by atoms with Gasteiger partial charge in [-0.2, -0.15) is 5.10 Å². The summed E-state index contributed by atoms with van der Waals surface area (Å²) >= 11 is 0. The normalized spacial score (nSPS) is 12.8. The molecule has 158 valence electrons. The van der Waals surface area contributed by atoms with Gasteiger partial charge in [-0.3, -0.25) is 14.4 Å². The second-order valence-corrected chi connectivity index (χ2v) is 7.32. The van der Waals surface area contributed by atoms with E-state index in [1.807, 2.05) is 18.2 Å². The highest BCUT2D eigenvalue weighted by Gasteiger charge is 2.23. The maximum atomic E-state index is 12.5. The third-order valence-electron chi connectivity index (χ3n) is 4.85. The van der Waals surface area contributed by atoms with E-state index < -0.39 is 5.91 Å². The molecule has 1 aliphatic carbocycles. The summed E-state index contributed by atoms with van der Waals surface area (Å²) in [6.45, 7) is -0.255. The monoisotopic (exact) mass is 418 g/mol. The Labute approximate surface area is 178 Å². The zero-order valence-electron chi connectivity index (χ0n) is 17.0. The molecule has 0 aliphatic heterocycles. The molecule has 0 atom stereocenters. The number of anilines is 1. The molecule has 0 radical (unpaired) electrons. The standard InChI is InChI=1S/C23H22N4O4/c1-31-19-7-3-4-15(13-19)20-10-11-22(29)27(26-20)14-21(28)24-18-6-2-5-16(12-18)23(30)25-17-8-9-17/h2-7,10-13,17H,8-9,14H2,1H3,(H,24,28)(H,25,30). The van der Waals surface area contributed by atoms with Crippen molar-refractivity contribution in [3.05, 3.63) is 76.6 Å². The van der Waals surface area contributed by atoms with Gasteiger partial charge in [0.2, 0.25) is 5.91 Å². The summed E-state index contributed by atoms with van der Waals surface area (Å²) in [5.41, 5.74) is 1.87. The lowest BCUT2D eigenvalue weighted by Crippen LogP contribution is -2.29. The first kappa shape index (κ1) is 20.3. The van der Waals surface area contributed by atoms with Crippen LogP contribution in [-0.4, -0.2) is 34.7 Å². The van der Waals surface area contributed by atoms with E-state index >= 15 is 0 Å². The summed E-state index contributed by atoms with van der Waals surface area (Å²) in [4.78, 5) is 36.9. The summed E-state index contributed by atoms with van der Waals surface area (Å²) in [5, 5.41) is 9.94. The second-order valence-electron chi connectivity index (χ2n) is 7.32. The molecule has 2 aromatic carbocycles. The lowest BCUT2D eigenvalue weighted by molar-refractivity contribution is -0.117. The molecule has 8 heteroatoms. The van der Waals surface area contributed by atoms with Gasteiger partial charge < -0.3 is 15.4 Å². The number of benzene rings is 2. The highest BCUT2D eigenvalue weighted by Crippen LogP contribution is 2.21. The maximum absolute atomic E-state index is 12.5. The number of rotatable bonds is 7. The zero-order chi connectivity index (χ0) is 21.8. The Hall–Kier alpha value is -3.94. The minimum Gasteiger partial charge on any atom is -0.497 e. The Morgan fingerprint density at radius 1 is 1.10 bits per heavy atom. The Kier molecular flexibility index (Phi) is 5.79. The first-order valence-electron chi connectivity index (χ1n) is 9.95. The molecule has 1 heterocycles. The molecule has 0 spiro atoms. The van der Waals surface area contributed by atoms with Crippen molar-refractivity contribution in [3.8, 4) is 17.0 Å². The summed E-state index contributed by atoms with van der Waals surface area (Å²) in [6.07, 6.45) is 2.00. The molecule has 2 N–H and O–H groups in total. The highest BCUT2D eigenvalue weighted by molar-refractivity contribution is 5.97. The van der Waals surface area contributed by atoms with E-state index in [0.717, 1.165) is 23.1 Å². The fraction of sp³-hybridized carbons (Fsp3) is 0.217. The van der Waals surface area contributed by atoms with Crippen LogP contribution in [0.25, 0.3) is 11.3 Å². The van der Waals surface area contributed by atoms with E-state index in [4.69, 9.17) is 4.74 Å². The average molecular weight is 418 g/mol. The molecule has 1 fully saturated rings. The minimum atomic E-state index is -0.419.